The first-order chi connectivity index (χ1) is 12.4. The summed E-state index contributed by atoms with van der Waals surface area (Å²) in [6.07, 6.45) is 0. The smallest absolute Gasteiger partial charge is 0.241 e. The van der Waals surface area contributed by atoms with Gasteiger partial charge in [-0.3, -0.25) is 9.69 Å². The van der Waals surface area contributed by atoms with Gasteiger partial charge in [-0.15, -0.1) is 0 Å². The lowest BCUT2D eigenvalue weighted by Crippen LogP contribution is -2.52. The highest BCUT2D eigenvalue weighted by Crippen LogP contribution is 2.22. The highest BCUT2D eigenvalue weighted by molar-refractivity contribution is 6.31. The van der Waals surface area contributed by atoms with Gasteiger partial charge in [0, 0.05) is 41.9 Å². The van der Waals surface area contributed by atoms with Crippen molar-refractivity contribution in [1.82, 2.24) is 4.90 Å². The third-order valence-electron chi connectivity index (χ3n) is 4.60. The van der Waals surface area contributed by atoms with Crippen LogP contribution >= 0.6 is 23.2 Å². The van der Waals surface area contributed by atoms with Gasteiger partial charge in [0.1, 0.15) is 5.82 Å². The van der Waals surface area contributed by atoms with Gasteiger partial charge < -0.3 is 10.2 Å². The molecule has 26 heavy (non-hydrogen) atoms. The molecule has 4 nitrogen and oxygen atoms in total. The molecule has 0 aromatic heterocycles. The van der Waals surface area contributed by atoms with Gasteiger partial charge in [0.05, 0.1) is 11.7 Å². The number of nitrogens with zero attached hydrogens (tertiary/aromatic N) is 2. The molecule has 0 bridgehead atoms. The molecular weight excluding hydrogens is 376 g/mol. The number of piperazine rings is 1. The Morgan fingerprint density at radius 2 is 1.77 bits per heavy atom. The zero-order valence-electron chi connectivity index (χ0n) is 14.4. The van der Waals surface area contributed by atoms with Crippen molar-refractivity contribution in [2.75, 3.05) is 36.4 Å². The van der Waals surface area contributed by atoms with E-state index in [1.54, 1.807) is 6.07 Å². The van der Waals surface area contributed by atoms with E-state index in [0.29, 0.717) is 10.0 Å². The number of hydrogen-bond donors (Lipinski definition) is 1. The van der Waals surface area contributed by atoms with E-state index in [-0.39, 0.29) is 17.6 Å². The number of benzene rings is 2. The van der Waals surface area contributed by atoms with Gasteiger partial charge >= 0.3 is 0 Å². The number of carbonyl (C=O) groups is 1. The predicted octanol–water partition coefficient (Wildman–Crippen LogP) is 4.28. The molecule has 138 valence electrons. The summed E-state index contributed by atoms with van der Waals surface area (Å²) in [5.74, 6) is -0.772. The Hall–Kier alpha value is -1.82. The molecule has 1 atom stereocenters. The summed E-state index contributed by atoms with van der Waals surface area (Å²) in [7, 11) is 0. The maximum absolute atomic E-state index is 13.9. The van der Waals surface area contributed by atoms with Crippen molar-refractivity contribution >= 4 is 40.5 Å². The van der Waals surface area contributed by atoms with E-state index < -0.39 is 5.82 Å². The number of hydrogen-bond acceptors (Lipinski definition) is 3. The SMILES string of the molecule is C[C@@H](C(=O)Nc1ccc(Cl)cc1F)N1CCN(c2cccc(Cl)c2)CC1. The number of halogens is 3. The lowest BCUT2D eigenvalue weighted by Gasteiger charge is -2.38. The van der Waals surface area contributed by atoms with Crippen molar-refractivity contribution in [3.05, 3.63) is 58.3 Å². The van der Waals surface area contributed by atoms with Crippen LogP contribution in [0.4, 0.5) is 15.8 Å². The van der Waals surface area contributed by atoms with Crippen LogP contribution in [0.2, 0.25) is 10.0 Å². The van der Waals surface area contributed by atoms with Crippen molar-refractivity contribution in [1.29, 1.82) is 0 Å². The van der Waals surface area contributed by atoms with Crippen LogP contribution in [0.15, 0.2) is 42.5 Å². The largest absolute Gasteiger partial charge is 0.369 e. The Labute approximate surface area is 162 Å². The number of amides is 1. The van der Waals surface area contributed by atoms with Crippen LogP contribution in [0, 0.1) is 5.82 Å². The van der Waals surface area contributed by atoms with Gasteiger partial charge in [-0.1, -0.05) is 29.3 Å². The molecule has 0 spiro atoms. The van der Waals surface area contributed by atoms with E-state index in [0.717, 1.165) is 31.9 Å². The zero-order valence-corrected chi connectivity index (χ0v) is 15.9. The molecule has 1 fully saturated rings. The van der Waals surface area contributed by atoms with Crippen LogP contribution in [0.1, 0.15) is 6.92 Å². The summed E-state index contributed by atoms with van der Waals surface area (Å²) in [4.78, 5) is 16.8. The molecule has 0 radical (unpaired) electrons. The number of nitrogens with one attached hydrogen (secondary N) is 1. The molecule has 0 saturated carbocycles. The Bertz CT molecular complexity index is 794. The third kappa shape index (κ3) is 4.47. The van der Waals surface area contributed by atoms with Crippen molar-refractivity contribution in [3.63, 3.8) is 0 Å². The second kappa shape index (κ2) is 8.25. The minimum Gasteiger partial charge on any atom is -0.369 e. The summed E-state index contributed by atoms with van der Waals surface area (Å²) in [6, 6.07) is 11.6. The Morgan fingerprint density at radius 3 is 2.42 bits per heavy atom. The fourth-order valence-corrected chi connectivity index (χ4v) is 3.38. The topological polar surface area (TPSA) is 35.6 Å². The van der Waals surface area contributed by atoms with Crippen LogP contribution in [-0.2, 0) is 4.79 Å². The van der Waals surface area contributed by atoms with Crippen molar-refractivity contribution < 1.29 is 9.18 Å². The van der Waals surface area contributed by atoms with Gasteiger partial charge in [-0.2, -0.15) is 0 Å². The normalized spacial score (nSPS) is 16.4. The number of rotatable bonds is 4. The van der Waals surface area contributed by atoms with E-state index in [9.17, 15) is 9.18 Å². The minimum absolute atomic E-state index is 0.142. The molecule has 1 N–H and O–H groups in total. The third-order valence-corrected chi connectivity index (χ3v) is 5.07. The van der Waals surface area contributed by atoms with Crippen molar-refractivity contribution in [2.45, 2.75) is 13.0 Å². The zero-order chi connectivity index (χ0) is 18.7. The van der Waals surface area contributed by atoms with Crippen LogP contribution in [-0.4, -0.2) is 43.0 Å². The average Bonchev–Trinajstić information content (AvgIpc) is 2.63. The van der Waals surface area contributed by atoms with E-state index in [4.69, 9.17) is 23.2 Å². The molecule has 1 amide bonds. The molecule has 1 aliphatic rings. The standard InChI is InChI=1S/C19H20Cl2FN3O/c1-13(19(26)23-18-6-5-15(21)12-17(18)22)24-7-9-25(10-8-24)16-4-2-3-14(20)11-16/h2-6,11-13H,7-10H2,1H3,(H,23,26)/t13-/m0/s1. The molecule has 2 aromatic carbocycles. The van der Waals surface area contributed by atoms with Gasteiger partial charge in [-0.25, -0.2) is 4.39 Å². The van der Waals surface area contributed by atoms with Crippen LogP contribution in [0.25, 0.3) is 0 Å². The van der Waals surface area contributed by atoms with E-state index >= 15 is 0 Å². The van der Waals surface area contributed by atoms with Crippen LogP contribution in [0.5, 0.6) is 0 Å². The van der Waals surface area contributed by atoms with E-state index in [1.165, 1.54) is 12.1 Å². The first kappa shape index (κ1) is 19.0. The van der Waals surface area contributed by atoms with Gasteiger partial charge in [0.15, 0.2) is 0 Å². The highest BCUT2D eigenvalue weighted by atomic mass is 35.5. The van der Waals surface area contributed by atoms with Crippen LogP contribution in [0.3, 0.4) is 0 Å². The Kier molecular flexibility index (Phi) is 6.01. The number of anilines is 2. The lowest BCUT2D eigenvalue weighted by atomic mass is 10.2. The summed E-state index contributed by atoms with van der Waals surface area (Å²) in [6.45, 7) is 4.91. The van der Waals surface area contributed by atoms with E-state index in [1.807, 2.05) is 31.2 Å². The van der Waals surface area contributed by atoms with Crippen molar-refractivity contribution in [2.24, 2.45) is 0 Å². The molecule has 3 rings (SSSR count). The highest BCUT2D eigenvalue weighted by Gasteiger charge is 2.26. The molecule has 0 aliphatic carbocycles. The monoisotopic (exact) mass is 395 g/mol. The fourth-order valence-electron chi connectivity index (χ4n) is 3.03. The molecule has 1 saturated heterocycles. The molecule has 1 aliphatic heterocycles. The summed E-state index contributed by atoms with van der Waals surface area (Å²) < 4.78 is 13.9. The van der Waals surface area contributed by atoms with Gasteiger partial charge in [-0.05, 0) is 43.3 Å². The maximum Gasteiger partial charge on any atom is 0.241 e. The average molecular weight is 396 g/mol. The molecule has 0 unspecified atom stereocenters. The second-order valence-electron chi connectivity index (χ2n) is 6.29. The van der Waals surface area contributed by atoms with Crippen molar-refractivity contribution in [3.8, 4) is 0 Å². The fraction of sp³-hybridized carbons (Fsp3) is 0.316. The minimum atomic E-state index is -0.538. The first-order valence-electron chi connectivity index (χ1n) is 8.44. The molecule has 7 heteroatoms. The van der Waals surface area contributed by atoms with Gasteiger partial charge in [0.2, 0.25) is 5.91 Å². The molecule has 1 heterocycles. The Morgan fingerprint density at radius 1 is 1.08 bits per heavy atom. The lowest BCUT2D eigenvalue weighted by molar-refractivity contribution is -0.120. The van der Waals surface area contributed by atoms with Gasteiger partial charge in [0.25, 0.3) is 0 Å². The number of carbonyl (C=O) groups excluding carboxylic acids is 1. The summed E-state index contributed by atoms with van der Waals surface area (Å²) in [5, 5.41) is 3.65. The molecular formula is C19H20Cl2FN3O. The van der Waals surface area contributed by atoms with E-state index in [2.05, 4.69) is 15.1 Å². The Balaban J connectivity index is 1.57. The summed E-state index contributed by atoms with van der Waals surface area (Å²) >= 11 is 11.8. The maximum atomic E-state index is 13.9. The summed E-state index contributed by atoms with van der Waals surface area (Å²) in [5.41, 5.74) is 1.22. The first-order valence-corrected chi connectivity index (χ1v) is 9.20. The second-order valence-corrected chi connectivity index (χ2v) is 7.17. The quantitative estimate of drug-likeness (QED) is 0.838. The molecule has 2 aromatic rings. The predicted molar refractivity (Wildman–Crippen MR) is 105 cm³/mol. The van der Waals surface area contributed by atoms with Crippen LogP contribution < -0.4 is 10.2 Å².